The lowest BCUT2D eigenvalue weighted by Gasteiger charge is -2.26. The topological polar surface area (TPSA) is 89.1 Å². The molecule has 1 fully saturated rings. The van der Waals surface area contributed by atoms with Gasteiger partial charge in [-0.25, -0.2) is 0 Å². The van der Waals surface area contributed by atoms with Crippen molar-refractivity contribution in [2.45, 2.75) is 37.5 Å². The molecule has 0 spiro atoms. The second-order valence-electron chi connectivity index (χ2n) is 7.03. The minimum absolute atomic E-state index is 0.157. The monoisotopic (exact) mass is 412 g/mol. The molecular formula is C20H24N6O2S. The Morgan fingerprint density at radius 3 is 2.66 bits per heavy atom. The van der Waals surface area contributed by atoms with E-state index >= 15 is 0 Å². The molecule has 4 rings (SSSR count). The number of thioether (sulfide) groups is 1. The number of rotatable bonds is 8. The molecule has 1 saturated heterocycles. The van der Waals surface area contributed by atoms with Crippen LogP contribution in [-0.4, -0.2) is 49.6 Å². The summed E-state index contributed by atoms with van der Waals surface area (Å²) < 4.78 is 6.86. The van der Waals surface area contributed by atoms with Crippen LogP contribution in [0.3, 0.4) is 0 Å². The highest BCUT2D eigenvalue weighted by atomic mass is 32.2. The van der Waals surface area contributed by atoms with Crippen LogP contribution in [0.1, 0.15) is 30.7 Å². The SMILES string of the molecule is O=C(CSc1nnc(CN2CCCCC2)n1Cc1ccccc1)Nc1ccon1. The Balaban J connectivity index is 1.46. The maximum absolute atomic E-state index is 12.2. The molecule has 2 aromatic heterocycles. The number of anilines is 1. The van der Waals surface area contributed by atoms with Crippen LogP contribution < -0.4 is 5.32 Å². The molecule has 1 N–H and O–H groups in total. The molecule has 3 heterocycles. The number of piperidine rings is 1. The van der Waals surface area contributed by atoms with Crippen LogP contribution >= 0.6 is 11.8 Å². The number of aromatic nitrogens is 4. The highest BCUT2D eigenvalue weighted by Gasteiger charge is 2.18. The fourth-order valence-corrected chi connectivity index (χ4v) is 4.13. The number of benzene rings is 1. The van der Waals surface area contributed by atoms with Crippen molar-refractivity contribution >= 4 is 23.5 Å². The van der Waals surface area contributed by atoms with Crippen LogP contribution in [-0.2, 0) is 17.9 Å². The van der Waals surface area contributed by atoms with E-state index in [-0.39, 0.29) is 11.7 Å². The lowest BCUT2D eigenvalue weighted by atomic mass is 10.1. The van der Waals surface area contributed by atoms with Crippen LogP contribution in [0.15, 0.2) is 52.3 Å². The third kappa shape index (κ3) is 5.45. The zero-order chi connectivity index (χ0) is 19.9. The van der Waals surface area contributed by atoms with E-state index in [4.69, 9.17) is 4.52 Å². The summed E-state index contributed by atoms with van der Waals surface area (Å²) in [6.45, 7) is 3.66. The number of hydrogen-bond donors (Lipinski definition) is 1. The fourth-order valence-electron chi connectivity index (χ4n) is 3.37. The fraction of sp³-hybridized carbons (Fsp3) is 0.400. The highest BCUT2D eigenvalue weighted by molar-refractivity contribution is 7.99. The average molecular weight is 413 g/mol. The van der Waals surface area contributed by atoms with Gasteiger partial charge in [-0.2, -0.15) is 0 Å². The predicted octanol–water partition coefficient (Wildman–Crippen LogP) is 3.03. The molecule has 1 aromatic carbocycles. The Kier molecular flexibility index (Phi) is 6.58. The molecule has 152 valence electrons. The van der Waals surface area contributed by atoms with Gasteiger partial charge in [0.1, 0.15) is 12.1 Å². The van der Waals surface area contributed by atoms with E-state index in [0.717, 1.165) is 30.6 Å². The van der Waals surface area contributed by atoms with Crippen LogP contribution in [0, 0.1) is 0 Å². The van der Waals surface area contributed by atoms with E-state index < -0.39 is 0 Å². The Bertz CT molecular complexity index is 906. The molecule has 1 aliphatic heterocycles. The first kappa shape index (κ1) is 19.7. The summed E-state index contributed by atoms with van der Waals surface area (Å²) in [5.74, 6) is 1.42. The summed E-state index contributed by atoms with van der Waals surface area (Å²) in [7, 11) is 0. The first-order chi connectivity index (χ1) is 14.3. The van der Waals surface area contributed by atoms with Crippen LogP contribution in [0.5, 0.6) is 0 Å². The molecule has 0 bridgehead atoms. The number of nitrogens with zero attached hydrogens (tertiary/aromatic N) is 5. The molecule has 3 aromatic rings. The molecule has 0 unspecified atom stereocenters. The van der Waals surface area contributed by atoms with Crippen molar-refractivity contribution in [2.24, 2.45) is 0 Å². The summed E-state index contributed by atoms with van der Waals surface area (Å²) in [4.78, 5) is 14.6. The zero-order valence-corrected chi connectivity index (χ0v) is 17.0. The molecule has 9 heteroatoms. The van der Waals surface area contributed by atoms with Crippen LogP contribution in [0.25, 0.3) is 0 Å². The summed E-state index contributed by atoms with van der Waals surface area (Å²) in [6, 6.07) is 11.9. The maximum atomic E-state index is 12.2. The summed E-state index contributed by atoms with van der Waals surface area (Å²) in [6.07, 6.45) is 5.19. The Hall–Kier alpha value is -2.65. The van der Waals surface area contributed by atoms with Gasteiger partial charge in [0.2, 0.25) is 5.91 Å². The average Bonchev–Trinajstić information content (AvgIpc) is 3.39. The van der Waals surface area contributed by atoms with Crippen molar-refractivity contribution in [2.75, 3.05) is 24.2 Å². The quantitative estimate of drug-likeness (QED) is 0.569. The van der Waals surface area contributed by atoms with Crippen molar-refractivity contribution in [1.29, 1.82) is 0 Å². The third-order valence-electron chi connectivity index (χ3n) is 4.83. The number of amides is 1. The van der Waals surface area contributed by atoms with E-state index in [1.807, 2.05) is 18.2 Å². The minimum atomic E-state index is -0.157. The molecule has 0 saturated carbocycles. The van der Waals surface area contributed by atoms with Crippen molar-refractivity contribution in [3.05, 3.63) is 54.0 Å². The second-order valence-corrected chi connectivity index (χ2v) is 7.97. The smallest absolute Gasteiger partial charge is 0.236 e. The van der Waals surface area contributed by atoms with Gasteiger partial charge in [0.15, 0.2) is 11.0 Å². The summed E-state index contributed by atoms with van der Waals surface area (Å²) >= 11 is 1.38. The molecule has 8 nitrogen and oxygen atoms in total. The van der Waals surface area contributed by atoms with E-state index in [0.29, 0.717) is 12.4 Å². The predicted molar refractivity (Wildman–Crippen MR) is 111 cm³/mol. The molecule has 1 aliphatic rings. The molecule has 0 aliphatic carbocycles. The third-order valence-corrected chi connectivity index (χ3v) is 5.80. The van der Waals surface area contributed by atoms with Crippen molar-refractivity contribution in [1.82, 2.24) is 24.8 Å². The van der Waals surface area contributed by atoms with Crippen molar-refractivity contribution < 1.29 is 9.32 Å². The lowest BCUT2D eigenvalue weighted by Crippen LogP contribution is -2.30. The standard InChI is InChI=1S/C20H24N6O2S/c27-19(21-17-9-12-28-24-17)15-29-20-23-22-18(14-25-10-5-2-6-11-25)26(20)13-16-7-3-1-4-8-16/h1,3-4,7-9,12H,2,5-6,10-11,13-15H2,(H,21,24,27). The summed E-state index contributed by atoms with van der Waals surface area (Å²) in [5, 5.41) is 16.0. The van der Waals surface area contributed by atoms with Gasteiger partial charge in [-0.3, -0.25) is 9.69 Å². The second kappa shape index (κ2) is 9.71. The first-order valence-corrected chi connectivity index (χ1v) is 10.8. The van der Waals surface area contributed by atoms with Crippen LogP contribution in [0.4, 0.5) is 5.82 Å². The lowest BCUT2D eigenvalue weighted by molar-refractivity contribution is -0.113. The van der Waals surface area contributed by atoms with Gasteiger partial charge < -0.3 is 14.4 Å². The van der Waals surface area contributed by atoms with Crippen LogP contribution in [0.2, 0.25) is 0 Å². The Morgan fingerprint density at radius 1 is 1.07 bits per heavy atom. The molecule has 1 amide bonds. The Labute approximate surface area is 173 Å². The van der Waals surface area contributed by atoms with Gasteiger partial charge in [0.05, 0.1) is 18.8 Å². The molecule has 29 heavy (non-hydrogen) atoms. The normalized spacial score (nSPS) is 14.8. The largest absolute Gasteiger partial charge is 0.363 e. The van der Waals surface area contributed by atoms with Gasteiger partial charge in [-0.05, 0) is 31.5 Å². The number of carbonyl (C=O) groups excluding carboxylic acids is 1. The number of likely N-dealkylation sites (tertiary alicyclic amines) is 1. The Morgan fingerprint density at radius 2 is 1.90 bits per heavy atom. The highest BCUT2D eigenvalue weighted by Crippen LogP contribution is 2.21. The van der Waals surface area contributed by atoms with Gasteiger partial charge in [0.25, 0.3) is 0 Å². The van der Waals surface area contributed by atoms with Gasteiger partial charge >= 0.3 is 0 Å². The number of hydrogen-bond acceptors (Lipinski definition) is 7. The van der Waals surface area contributed by atoms with E-state index in [9.17, 15) is 4.79 Å². The van der Waals surface area contributed by atoms with Crippen molar-refractivity contribution in [3.8, 4) is 0 Å². The molecular weight excluding hydrogens is 388 g/mol. The molecule has 0 atom stereocenters. The first-order valence-electron chi connectivity index (χ1n) is 9.79. The van der Waals surface area contributed by atoms with E-state index in [1.54, 1.807) is 6.07 Å². The maximum Gasteiger partial charge on any atom is 0.236 e. The van der Waals surface area contributed by atoms with E-state index in [1.165, 1.54) is 42.9 Å². The van der Waals surface area contributed by atoms with Gasteiger partial charge in [-0.15, -0.1) is 10.2 Å². The van der Waals surface area contributed by atoms with E-state index in [2.05, 4.69) is 42.3 Å². The molecule has 0 radical (unpaired) electrons. The van der Waals surface area contributed by atoms with Crippen molar-refractivity contribution in [3.63, 3.8) is 0 Å². The number of carbonyl (C=O) groups is 1. The number of nitrogens with one attached hydrogen (secondary N) is 1. The minimum Gasteiger partial charge on any atom is -0.363 e. The zero-order valence-electron chi connectivity index (χ0n) is 16.2. The van der Waals surface area contributed by atoms with Gasteiger partial charge in [-0.1, -0.05) is 53.7 Å². The summed E-state index contributed by atoms with van der Waals surface area (Å²) in [5.41, 5.74) is 1.18. The van der Waals surface area contributed by atoms with Gasteiger partial charge in [0, 0.05) is 6.07 Å².